The van der Waals surface area contributed by atoms with E-state index >= 15 is 0 Å². The molecule has 0 spiro atoms. The van der Waals surface area contributed by atoms with Gasteiger partial charge in [0.15, 0.2) is 15.8 Å². The van der Waals surface area contributed by atoms with Crippen LogP contribution in [0.5, 0.6) is 0 Å². The minimum Gasteiger partial charge on any atom is -0.357 e. The van der Waals surface area contributed by atoms with Gasteiger partial charge in [-0.25, -0.2) is 17.8 Å². The van der Waals surface area contributed by atoms with Gasteiger partial charge in [0.05, 0.1) is 12.3 Å². The predicted molar refractivity (Wildman–Crippen MR) is 126 cm³/mol. The summed E-state index contributed by atoms with van der Waals surface area (Å²) in [5.41, 5.74) is 0.594. The summed E-state index contributed by atoms with van der Waals surface area (Å²) in [4.78, 5) is 16.3. The van der Waals surface area contributed by atoms with E-state index in [-0.39, 0.29) is 42.2 Å². The average molecular weight is 542 g/mol. The first kappa shape index (κ1) is 27.6. The summed E-state index contributed by atoms with van der Waals surface area (Å²) in [6.45, 7) is 9.09. The van der Waals surface area contributed by atoms with E-state index in [1.165, 1.54) is 18.2 Å². The maximum atomic E-state index is 13.6. The summed E-state index contributed by atoms with van der Waals surface area (Å²) in [6, 6.07) is 4.02. The van der Waals surface area contributed by atoms with Gasteiger partial charge in [-0.2, -0.15) is 0 Å². The van der Waals surface area contributed by atoms with Crippen molar-refractivity contribution in [3.63, 3.8) is 0 Å². The molecule has 0 aliphatic rings. The number of sulfone groups is 1. The zero-order valence-electron chi connectivity index (χ0n) is 17.6. The fourth-order valence-corrected chi connectivity index (χ4v) is 3.14. The second-order valence-electron chi connectivity index (χ2n) is 7.61. The smallest absolute Gasteiger partial charge is 0.225 e. The van der Waals surface area contributed by atoms with Crippen molar-refractivity contribution in [3.05, 3.63) is 35.1 Å². The number of nitrogens with zero attached hydrogens (tertiary/aromatic N) is 1. The highest BCUT2D eigenvalue weighted by atomic mass is 127. The Hall–Kier alpha value is -1.43. The SMILES string of the molecule is CCNC(=NCc1cc(F)ccc1CS(C)(=O)=O)NCCNC(=O)C(C)(C)C.I. The lowest BCUT2D eigenvalue weighted by atomic mass is 9.96. The minimum atomic E-state index is -3.24. The largest absolute Gasteiger partial charge is 0.357 e. The number of amides is 1. The maximum Gasteiger partial charge on any atom is 0.225 e. The van der Waals surface area contributed by atoms with Crippen molar-refractivity contribution in [2.24, 2.45) is 10.4 Å². The standard InChI is InChI=1S/C19H31FN4O3S.HI/c1-6-21-18(23-10-9-22-17(25)19(2,3)4)24-12-15-11-16(20)8-7-14(15)13-28(5,26)27;/h7-8,11H,6,9-10,12-13H2,1-5H3,(H,22,25)(H2,21,23,24);1H. The van der Waals surface area contributed by atoms with E-state index in [1.807, 2.05) is 27.7 Å². The lowest BCUT2D eigenvalue weighted by molar-refractivity contribution is -0.128. The Bertz CT molecular complexity index is 808. The number of benzene rings is 1. The monoisotopic (exact) mass is 542 g/mol. The number of nitrogens with one attached hydrogen (secondary N) is 3. The number of guanidine groups is 1. The van der Waals surface area contributed by atoms with Gasteiger partial charge in [-0.05, 0) is 30.2 Å². The topological polar surface area (TPSA) is 99.7 Å². The molecular weight excluding hydrogens is 510 g/mol. The summed E-state index contributed by atoms with van der Waals surface area (Å²) in [5.74, 6) is -0.144. The normalized spacial score (nSPS) is 12.1. The second-order valence-corrected chi connectivity index (χ2v) is 9.75. The third-order valence-electron chi connectivity index (χ3n) is 3.72. The third-order valence-corrected chi connectivity index (χ3v) is 4.56. The van der Waals surface area contributed by atoms with Gasteiger partial charge >= 0.3 is 0 Å². The maximum absolute atomic E-state index is 13.6. The van der Waals surface area contributed by atoms with Gasteiger partial charge in [-0.3, -0.25) is 4.79 Å². The van der Waals surface area contributed by atoms with Crippen molar-refractivity contribution in [1.29, 1.82) is 0 Å². The number of aliphatic imine (C=N–C) groups is 1. The van der Waals surface area contributed by atoms with Crippen LogP contribution in [-0.4, -0.2) is 46.2 Å². The van der Waals surface area contributed by atoms with Crippen LogP contribution in [0.4, 0.5) is 4.39 Å². The van der Waals surface area contributed by atoms with Crippen molar-refractivity contribution in [2.45, 2.75) is 40.0 Å². The van der Waals surface area contributed by atoms with Crippen LogP contribution in [0.3, 0.4) is 0 Å². The van der Waals surface area contributed by atoms with Crippen LogP contribution in [0.15, 0.2) is 23.2 Å². The van der Waals surface area contributed by atoms with Gasteiger partial charge in [-0.1, -0.05) is 26.8 Å². The van der Waals surface area contributed by atoms with Crippen LogP contribution >= 0.6 is 24.0 Å². The average Bonchev–Trinajstić information content (AvgIpc) is 2.56. The van der Waals surface area contributed by atoms with E-state index in [4.69, 9.17) is 0 Å². The molecule has 0 radical (unpaired) electrons. The van der Waals surface area contributed by atoms with E-state index in [9.17, 15) is 17.6 Å². The summed E-state index contributed by atoms with van der Waals surface area (Å²) in [7, 11) is -3.24. The van der Waals surface area contributed by atoms with Crippen LogP contribution < -0.4 is 16.0 Å². The van der Waals surface area contributed by atoms with Crippen molar-refractivity contribution in [2.75, 3.05) is 25.9 Å². The van der Waals surface area contributed by atoms with E-state index < -0.39 is 21.1 Å². The lowest BCUT2D eigenvalue weighted by Crippen LogP contribution is -2.43. The molecule has 1 aromatic carbocycles. The van der Waals surface area contributed by atoms with Gasteiger partial charge in [0.25, 0.3) is 0 Å². The van der Waals surface area contributed by atoms with Crippen LogP contribution in [0.25, 0.3) is 0 Å². The highest BCUT2D eigenvalue weighted by molar-refractivity contribution is 14.0. The van der Waals surface area contributed by atoms with Crippen molar-refractivity contribution < 1.29 is 17.6 Å². The van der Waals surface area contributed by atoms with Crippen molar-refractivity contribution in [1.82, 2.24) is 16.0 Å². The number of carbonyl (C=O) groups excluding carboxylic acids is 1. The molecule has 0 atom stereocenters. The van der Waals surface area contributed by atoms with E-state index in [1.54, 1.807) is 0 Å². The molecule has 0 saturated carbocycles. The zero-order chi connectivity index (χ0) is 21.4. The highest BCUT2D eigenvalue weighted by Crippen LogP contribution is 2.15. The van der Waals surface area contributed by atoms with Crippen LogP contribution in [0.2, 0.25) is 0 Å². The fourth-order valence-electron chi connectivity index (χ4n) is 2.29. The Kier molecular flexibility index (Phi) is 11.7. The Morgan fingerprint density at radius 1 is 1.10 bits per heavy atom. The minimum absolute atomic E-state index is 0. The Labute approximate surface area is 190 Å². The molecule has 7 nitrogen and oxygen atoms in total. The van der Waals surface area contributed by atoms with Crippen molar-refractivity contribution >= 4 is 45.7 Å². The van der Waals surface area contributed by atoms with E-state index in [2.05, 4.69) is 20.9 Å². The quantitative estimate of drug-likeness (QED) is 0.203. The number of halogens is 2. The Morgan fingerprint density at radius 3 is 2.28 bits per heavy atom. The molecule has 0 fully saturated rings. The van der Waals surface area contributed by atoms with Crippen molar-refractivity contribution in [3.8, 4) is 0 Å². The van der Waals surface area contributed by atoms with Gasteiger partial charge < -0.3 is 16.0 Å². The first-order valence-electron chi connectivity index (χ1n) is 9.18. The van der Waals surface area contributed by atoms with E-state index in [0.29, 0.717) is 36.7 Å². The molecule has 0 saturated heterocycles. The van der Waals surface area contributed by atoms with Crippen LogP contribution in [-0.2, 0) is 26.9 Å². The number of hydrogen-bond acceptors (Lipinski definition) is 4. The Balaban J connectivity index is 0.00000784. The molecule has 10 heteroatoms. The van der Waals surface area contributed by atoms with Crippen LogP contribution in [0.1, 0.15) is 38.8 Å². The molecule has 29 heavy (non-hydrogen) atoms. The number of hydrogen-bond donors (Lipinski definition) is 3. The molecular formula is C19H32FIN4O3S. The van der Waals surface area contributed by atoms with Gasteiger partial charge in [-0.15, -0.1) is 24.0 Å². The molecule has 1 rings (SSSR count). The molecule has 1 amide bonds. The number of carbonyl (C=O) groups is 1. The molecule has 0 bridgehead atoms. The summed E-state index contributed by atoms with van der Waals surface area (Å²) in [5, 5.41) is 9.00. The summed E-state index contributed by atoms with van der Waals surface area (Å²) < 4.78 is 36.8. The summed E-state index contributed by atoms with van der Waals surface area (Å²) >= 11 is 0. The molecule has 166 valence electrons. The zero-order valence-corrected chi connectivity index (χ0v) is 20.8. The van der Waals surface area contributed by atoms with Gasteiger partial charge in [0.1, 0.15) is 5.82 Å². The third kappa shape index (κ3) is 11.4. The molecule has 0 heterocycles. The fraction of sp³-hybridized carbons (Fsp3) is 0.579. The molecule has 0 aliphatic carbocycles. The predicted octanol–water partition coefficient (Wildman–Crippen LogP) is 2.21. The molecule has 0 aromatic heterocycles. The molecule has 0 aliphatic heterocycles. The second kappa shape index (κ2) is 12.3. The highest BCUT2D eigenvalue weighted by Gasteiger charge is 2.20. The van der Waals surface area contributed by atoms with Crippen LogP contribution in [0, 0.1) is 11.2 Å². The van der Waals surface area contributed by atoms with Gasteiger partial charge in [0.2, 0.25) is 5.91 Å². The first-order chi connectivity index (χ1) is 12.9. The Morgan fingerprint density at radius 2 is 1.72 bits per heavy atom. The molecule has 3 N–H and O–H groups in total. The molecule has 1 aromatic rings. The number of rotatable bonds is 8. The first-order valence-corrected chi connectivity index (χ1v) is 11.2. The molecule has 0 unspecified atom stereocenters. The lowest BCUT2D eigenvalue weighted by Gasteiger charge is -2.18. The van der Waals surface area contributed by atoms with Gasteiger partial charge in [0, 0.05) is 31.3 Å². The van der Waals surface area contributed by atoms with E-state index in [0.717, 1.165) is 6.26 Å². The summed E-state index contributed by atoms with van der Waals surface area (Å²) in [6.07, 6.45) is 1.14.